The van der Waals surface area contributed by atoms with E-state index in [9.17, 15) is 20.2 Å². The van der Waals surface area contributed by atoms with Crippen molar-refractivity contribution in [1.29, 1.82) is 0 Å². The van der Waals surface area contributed by atoms with Crippen LogP contribution in [-0.2, 0) is 0 Å². The lowest BCUT2D eigenvalue weighted by Gasteiger charge is -2.02. The first-order valence-corrected chi connectivity index (χ1v) is 7.54. The average molecular weight is 392 g/mol. The fraction of sp³-hybridized carbons (Fsp3) is 0. The number of hydrogen-bond donors (Lipinski definition) is 0. The number of non-ortho nitro benzene ring substituents is 1. The molecule has 0 saturated carbocycles. The molecule has 0 unspecified atom stereocenters. The Bertz CT molecular complexity index is 961. The molecule has 0 amide bonds. The van der Waals surface area contributed by atoms with Gasteiger partial charge in [-0.1, -0.05) is 23.7 Å². The number of nitrogens with zero attached hydrogens (tertiary/aromatic N) is 3. The first-order valence-electron chi connectivity index (χ1n) is 7.16. The molecule has 0 atom stereocenters. The van der Waals surface area contributed by atoms with E-state index in [1.54, 1.807) is 41.2 Å². The standard InChI is InChI=1S/C17H11ClN3O4.ClH/c18-14-3-1-12(2-4-14)13-7-9-19(10-8-13)16-6-5-15(20(22)23)11-17(16)21(24)25;/h1-11H;1H/q+1;/p-1. The van der Waals surface area contributed by atoms with E-state index in [-0.39, 0.29) is 29.5 Å². The molecule has 1 heterocycles. The van der Waals surface area contributed by atoms with Crippen LogP contribution in [0.5, 0.6) is 0 Å². The summed E-state index contributed by atoms with van der Waals surface area (Å²) in [6.45, 7) is 0. The van der Waals surface area contributed by atoms with Gasteiger partial charge in [0.05, 0.1) is 9.85 Å². The zero-order chi connectivity index (χ0) is 18.0. The SMILES string of the molecule is O=[N+]([O-])c1ccc(-[n+]2ccc(-c3ccc(Cl)cc3)cc2)c([N+](=O)[O-])c1.[Cl-]. The van der Waals surface area contributed by atoms with Crippen molar-refractivity contribution in [3.8, 4) is 16.8 Å². The summed E-state index contributed by atoms with van der Waals surface area (Å²) in [5.74, 6) is 0. The molecule has 0 aliphatic carbocycles. The summed E-state index contributed by atoms with van der Waals surface area (Å²) in [6, 6.07) is 14.4. The van der Waals surface area contributed by atoms with Crippen molar-refractivity contribution in [2.75, 3.05) is 0 Å². The number of pyridine rings is 1. The third-order valence-corrected chi connectivity index (χ3v) is 3.90. The minimum Gasteiger partial charge on any atom is -1.00 e. The van der Waals surface area contributed by atoms with E-state index < -0.39 is 9.85 Å². The third-order valence-electron chi connectivity index (χ3n) is 3.65. The van der Waals surface area contributed by atoms with Crippen molar-refractivity contribution < 1.29 is 26.8 Å². The fourth-order valence-corrected chi connectivity index (χ4v) is 2.54. The second-order valence-corrected chi connectivity index (χ2v) is 5.62. The molecule has 1 aromatic heterocycles. The summed E-state index contributed by atoms with van der Waals surface area (Å²) in [7, 11) is 0. The maximum Gasteiger partial charge on any atom is 0.347 e. The summed E-state index contributed by atoms with van der Waals surface area (Å²) < 4.78 is 1.54. The van der Waals surface area contributed by atoms with Crippen LogP contribution in [0.25, 0.3) is 16.8 Å². The minimum absolute atomic E-state index is 0. The Morgan fingerprint density at radius 3 is 1.92 bits per heavy atom. The largest absolute Gasteiger partial charge is 1.00 e. The second-order valence-electron chi connectivity index (χ2n) is 5.19. The van der Waals surface area contributed by atoms with Crippen LogP contribution in [0.4, 0.5) is 11.4 Å². The van der Waals surface area contributed by atoms with Gasteiger partial charge in [-0.25, -0.2) is 0 Å². The molecule has 132 valence electrons. The van der Waals surface area contributed by atoms with E-state index in [0.717, 1.165) is 17.2 Å². The third kappa shape index (κ3) is 3.96. The van der Waals surface area contributed by atoms with Crippen LogP contribution < -0.4 is 17.0 Å². The van der Waals surface area contributed by atoms with Gasteiger partial charge >= 0.3 is 5.69 Å². The first-order chi connectivity index (χ1) is 12.0. The van der Waals surface area contributed by atoms with Crippen molar-refractivity contribution in [2.24, 2.45) is 0 Å². The van der Waals surface area contributed by atoms with Gasteiger partial charge in [0.25, 0.3) is 11.4 Å². The highest BCUT2D eigenvalue weighted by Crippen LogP contribution is 2.25. The number of hydrogen-bond acceptors (Lipinski definition) is 4. The molecule has 0 aliphatic heterocycles. The number of rotatable bonds is 4. The van der Waals surface area contributed by atoms with E-state index in [2.05, 4.69) is 0 Å². The molecule has 0 aliphatic rings. The predicted octanol–water partition coefficient (Wildman–Crippen LogP) is 1.10. The van der Waals surface area contributed by atoms with Crippen molar-refractivity contribution in [3.05, 3.63) is 92.2 Å². The topological polar surface area (TPSA) is 90.2 Å². The highest BCUT2D eigenvalue weighted by Gasteiger charge is 2.26. The van der Waals surface area contributed by atoms with Crippen molar-refractivity contribution in [2.45, 2.75) is 0 Å². The van der Waals surface area contributed by atoms with Gasteiger partial charge in [-0.05, 0) is 23.3 Å². The van der Waals surface area contributed by atoms with Crippen LogP contribution in [0.15, 0.2) is 67.0 Å². The van der Waals surface area contributed by atoms with E-state index >= 15 is 0 Å². The van der Waals surface area contributed by atoms with Gasteiger partial charge < -0.3 is 12.4 Å². The van der Waals surface area contributed by atoms with Crippen LogP contribution in [0.3, 0.4) is 0 Å². The monoisotopic (exact) mass is 391 g/mol. The Morgan fingerprint density at radius 2 is 1.38 bits per heavy atom. The molecule has 3 aromatic rings. The number of benzene rings is 2. The van der Waals surface area contributed by atoms with Crippen molar-refractivity contribution in [3.63, 3.8) is 0 Å². The molecule has 9 heteroatoms. The number of aromatic nitrogens is 1. The van der Waals surface area contributed by atoms with Gasteiger partial charge in [0, 0.05) is 29.3 Å². The Balaban J connectivity index is 0.00000243. The molecule has 0 radical (unpaired) electrons. The Morgan fingerprint density at radius 1 is 0.808 bits per heavy atom. The maximum atomic E-state index is 11.2. The summed E-state index contributed by atoms with van der Waals surface area (Å²) >= 11 is 5.87. The van der Waals surface area contributed by atoms with Crippen LogP contribution in [0.2, 0.25) is 5.02 Å². The van der Waals surface area contributed by atoms with Gasteiger partial charge in [-0.3, -0.25) is 20.2 Å². The molecule has 3 rings (SSSR count). The van der Waals surface area contributed by atoms with E-state index in [1.807, 2.05) is 12.1 Å². The number of nitro groups is 2. The number of halogens is 2. The van der Waals surface area contributed by atoms with E-state index in [1.165, 1.54) is 12.1 Å². The summed E-state index contributed by atoms with van der Waals surface area (Å²) in [5, 5.41) is 22.7. The summed E-state index contributed by atoms with van der Waals surface area (Å²) in [5.41, 5.74) is 1.46. The van der Waals surface area contributed by atoms with Crippen LogP contribution in [0, 0.1) is 20.2 Å². The highest BCUT2D eigenvalue weighted by molar-refractivity contribution is 6.30. The molecular weight excluding hydrogens is 381 g/mol. The van der Waals surface area contributed by atoms with E-state index in [4.69, 9.17) is 11.6 Å². The molecule has 2 aromatic carbocycles. The van der Waals surface area contributed by atoms with E-state index in [0.29, 0.717) is 5.02 Å². The normalized spacial score (nSPS) is 10.0. The molecule has 0 saturated heterocycles. The van der Waals surface area contributed by atoms with Gasteiger partial charge in [0.2, 0.25) is 0 Å². The minimum atomic E-state index is -0.662. The molecule has 0 N–H and O–H groups in total. The summed E-state index contributed by atoms with van der Waals surface area (Å²) in [4.78, 5) is 20.8. The zero-order valence-corrected chi connectivity index (χ0v) is 14.6. The van der Waals surface area contributed by atoms with Crippen molar-refractivity contribution >= 4 is 23.0 Å². The molecule has 0 bridgehead atoms. The average Bonchev–Trinajstić information content (AvgIpc) is 2.62. The Labute approximate surface area is 159 Å². The Hall–Kier alpha value is -3.03. The van der Waals surface area contributed by atoms with Gasteiger partial charge in [0.1, 0.15) is 6.07 Å². The van der Waals surface area contributed by atoms with Gasteiger partial charge in [0.15, 0.2) is 12.4 Å². The molecule has 0 fully saturated rings. The molecule has 26 heavy (non-hydrogen) atoms. The molecule has 7 nitrogen and oxygen atoms in total. The lowest BCUT2D eigenvalue weighted by atomic mass is 10.1. The molecule has 0 spiro atoms. The maximum absolute atomic E-state index is 11.2. The summed E-state index contributed by atoms with van der Waals surface area (Å²) in [6.07, 6.45) is 3.33. The second kappa shape index (κ2) is 7.90. The highest BCUT2D eigenvalue weighted by atomic mass is 35.5. The smallest absolute Gasteiger partial charge is 0.347 e. The van der Waals surface area contributed by atoms with Gasteiger partial charge in [-0.2, -0.15) is 4.57 Å². The van der Waals surface area contributed by atoms with Crippen molar-refractivity contribution in [1.82, 2.24) is 0 Å². The van der Waals surface area contributed by atoms with Crippen LogP contribution in [0.1, 0.15) is 0 Å². The van der Waals surface area contributed by atoms with Crippen LogP contribution in [-0.4, -0.2) is 9.85 Å². The Kier molecular flexibility index (Phi) is 5.86. The lowest BCUT2D eigenvalue weighted by Crippen LogP contribution is -3.00. The van der Waals surface area contributed by atoms with Crippen LogP contribution >= 0.6 is 11.6 Å². The predicted molar refractivity (Wildman–Crippen MR) is 91.7 cm³/mol. The fourth-order valence-electron chi connectivity index (χ4n) is 2.41. The lowest BCUT2D eigenvalue weighted by molar-refractivity contribution is -0.600. The number of nitro benzene ring substituents is 2. The molecular formula is C17H11Cl2N3O4. The quantitative estimate of drug-likeness (QED) is 0.378. The zero-order valence-electron chi connectivity index (χ0n) is 13.1. The van der Waals surface area contributed by atoms with Gasteiger partial charge in [-0.15, -0.1) is 0 Å². The first kappa shape index (κ1) is 19.3.